The van der Waals surface area contributed by atoms with Crippen molar-refractivity contribution in [1.82, 2.24) is 14.7 Å². The third kappa shape index (κ3) is 6.04. The number of hydrogen-bond acceptors (Lipinski definition) is 4. The molecule has 0 aliphatic heterocycles. The Kier molecular flexibility index (Phi) is 11.9. The van der Waals surface area contributed by atoms with Crippen molar-refractivity contribution in [2.45, 2.75) is 20.0 Å². The van der Waals surface area contributed by atoms with Crippen molar-refractivity contribution in [1.29, 1.82) is 0 Å². The van der Waals surface area contributed by atoms with Crippen LogP contribution < -0.4 is 11.2 Å². The minimum absolute atomic E-state index is 0. The normalized spacial score (nSPS) is 10.5. The van der Waals surface area contributed by atoms with Gasteiger partial charge in [0.05, 0.1) is 5.69 Å². The van der Waals surface area contributed by atoms with Crippen LogP contribution in [0.25, 0.3) is 27.9 Å². The first-order chi connectivity index (χ1) is 13.7. The Morgan fingerprint density at radius 2 is 1.73 bits per heavy atom. The van der Waals surface area contributed by atoms with E-state index in [9.17, 15) is 22.8 Å². The molecule has 0 spiro atoms. The average molecular weight is 1130 g/mol. The topological polar surface area (TPSA) is 80.9 Å². The van der Waals surface area contributed by atoms with E-state index in [0.717, 1.165) is 0 Å². The van der Waals surface area contributed by atoms with Gasteiger partial charge in [0.25, 0.3) is 5.56 Å². The number of benzene rings is 2. The van der Waals surface area contributed by atoms with E-state index in [1.165, 1.54) is 0 Å². The van der Waals surface area contributed by atoms with Crippen LogP contribution >= 0.6 is 0 Å². The summed E-state index contributed by atoms with van der Waals surface area (Å²) in [6.45, 7) is 3.26. The van der Waals surface area contributed by atoms with E-state index < -0.39 is 23.1 Å². The maximum absolute atomic E-state index is 12.9. The molecule has 0 aliphatic carbocycles. The number of nitrogens with one attached hydrogen (secondary N) is 1. The zero-order valence-corrected chi connectivity index (χ0v) is 28.5. The number of halogens is 3. The van der Waals surface area contributed by atoms with Crippen LogP contribution in [0.3, 0.4) is 0 Å². The molecule has 6 nitrogen and oxygen atoms in total. The van der Waals surface area contributed by atoms with E-state index in [1.54, 1.807) is 43.1 Å². The smallest absolute Gasteiger partial charge is 0.367 e. The Bertz CT molecular complexity index is 1340. The molecule has 172 valence electrons. The maximum Gasteiger partial charge on any atom is 0.431 e. The van der Waals surface area contributed by atoms with Crippen LogP contribution in [0, 0.1) is 26.0 Å². The molecule has 0 atom stereocenters. The zero-order valence-electron chi connectivity index (χ0n) is 16.8. The number of aryl methyl sites for hydroxylation is 2. The number of alkyl halides is 3. The molecule has 1 N–H and O–H groups in total. The molecule has 33 heavy (non-hydrogen) atoms. The fraction of sp³-hybridized carbons (Fsp3) is 0.150. The number of rotatable bonds is 2. The molecule has 0 unspecified atom stereocenters. The Morgan fingerprint density at radius 3 is 2.27 bits per heavy atom. The molecule has 0 bridgehead atoms. The standard InChI is InChI=1S/C20H12F3N3O3.4W/c1-10-8-13-16(17(25-29-13)12-6-4-3-5-7-12)11(2)18(10)26-15(27)9-14(20(21,22)23)24-19(26)28;;;;/h3-4,7-9H,1-2H3,(H,24,28);;;;/q-2;;;;. The van der Waals surface area contributed by atoms with Gasteiger partial charge in [-0.05, 0) is 42.1 Å². The fourth-order valence-corrected chi connectivity index (χ4v) is 3.32. The van der Waals surface area contributed by atoms with Crippen molar-refractivity contribution in [2.75, 3.05) is 0 Å². The van der Waals surface area contributed by atoms with E-state index in [0.29, 0.717) is 44.0 Å². The molecule has 4 rings (SSSR count). The van der Waals surface area contributed by atoms with Gasteiger partial charge in [0.1, 0.15) is 5.69 Å². The fourth-order valence-electron chi connectivity index (χ4n) is 3.32. The van der Waals surface area contributed by atoms with Crippen LogP contribution in [-0.4, -0.2) is 14.7 Å². The molecule has 0 aliphatic rings. The second kappa shape index (κ2) is 12.2. The van der Waals surface area contributed by atoms with E-state index in [1.807, 2.05) is 0 Å². The predicted octanol–water partition coefficient (Wildman–Crippen LogP) is 3.56. The van der Waals surface area contributed by atoms with Crippen LogP contribution in [0.15, 0.2) is 44.4 Å². The third-order valence-corrected chi connectivity index (χ3v) is 4.53. The second-order valence-corrected chi connectivity index (χ2v) is 6.43. The molecule has 2 aromatic carbocycles. The van der Waals surface area contributed by atoms with Crippen LogP contribution in [0.2, 0.25) is 0 Å². The summed E-state index contributed by atoms with van der Waals surface area (Å²) in [6, 6.07) is 12.8. The van der Waals surface area contributed by atoms with E-state index in [-0.39, 0.29) is 89.9 Å². The van der Waals surface area contributed by atoms with Gasteiger partial charge in [-0.3, -0.25) is 35.1 Å². The van der Waals surface area contributed by atoms with Gasteiger partial charge >= 0.3 is 11.9 Å². The van der Waals surface area contributed by atoms with Crippen LogP contribution in [-0.2, 0) is 90.4 Å². The largest absolute Gasteiger partial charge is 0.431 e. The summed E-state index contributed by atoms with van der Waals surface area (Å²) >= 11 is 0. The van der Waals surface area contributed by atoms with Gasteiger partial charge in [-0.1, -0.05) is 0 Å². The summed E-state index contributed by atoms with van der Waals surface area (Å²) in [6.07, 6.45) is -4.84. The number of aromatic amines is 1. The Labute approximate surface area is 242 Å². The van der Waals surface area contributed by atoms with Gasteiger partial charge in [0.2, 0.25) is 0 Å². The summed E-state index contributed by atoms with van der Waals surface area (Å²) in [5, 5.41) is 4.57. The molecular weight excluding hydrogens is 1120 g/mol. The Hall–Kier alpha value is -0.867. The maximum atomic E-state index is 12.9. The quantitative estimate of drug-likeness (QED) is 0.312. The van der Waals surface area contributed by atoms with Crippen molar-refractivity contribution < 1.29 is 102 Å². The number of nitrogens with zero attached hydrogens (tertiary/aromatic N) is 2. The molecule has 2 aromatic heterocycles. The average Bonchev–Trinajstić information content (AvgIpc) is 3.07. The van der Waals surface area contributed by atoms with Gasteiger partial charge in [0.15, 0.2) is 5.58 Å². The van der Waals surface area contributed by atoms with Crippen molar-refractivity contribution >= 4 is 11.0 Å². The van der Waals surface area contributed by atoms with E-state index in [2.05, 4.69) is 17.3 Å². The number of hydrogen-bond donors (Lipinski definition) is 1. The first-order valence-corrected chi connectivity index (χ1v) is 8.40. The van der Waals surface area contributed by atoms with Crippen molar-refractivity contribution in [3.8, 4) is 16.9 Å². The monoisotopic (exact) mass is 1130 g/mol. The molecular formula is C20H12F3N3O3W4-2. The van der Waals surface area contributed by atoms with E-state index >= 15 is 0 Å². The molecule has 13 heteroatoms. The molecule has 0 saturated heterocycles. The molecule has 0 fully saturated rings. The van der Waals surface area contributed by atoms with Gasteiger partial charge < -0.3 is 9.51 Å². The SMILES string of the molecule is Cc1cc2onc(-c3[c-]cc[c-]c3)c2c(C)c1-n1c(=O)cc(C(F)(F)F)[nH]c1=O.[W].[W].[W].[W]. The van der Waals surface area contributed by atoms with Crippen molar-refractivity contribution in [3.05, 3.63) is 80.1 Å². The second-order valence-electron chi connectivity index (χ2n) is 6.43. The van der Waals surface area contributed by atoms with Gasteiger partial charge in [-0.25, -0.2) is 14.9 Å². The van der Waals surface area contributed by atoms with Crippen LogP contribution in [0.1, 0.15) is 16.8 Å². The first-order valence-electron chi connectivity index (χ1n) is 8.40. The first kappa shape index (κ1) is 32.1. The Balaban J connectivity index is 0.00000256. The summed E-state index contributed by atoms with van der Waals surface area (Å²) < 4.78 is 44.8. The molecule has 0 saturated carbocycles. The summed E-state index contributed by atoms with van der Waals surface area (Å²) in [4.78, 5) is 26.6. The minimum Gasteiger partial charge on any atom is -0.367 e. The summed E-state index contributed by atoms with van der Waals surface area (Å²) in [5.41, 5.74) is -1.17. The van der Waals surface area contributed by atoms with Crippen LogP contribution in [0.4, 0.5) is 13.2 Å². The van der Waals surface area contributed by atoms with Crippen molar-refractivity contribution in [3.63, 3.8) is 0 Å². The molecule has 2 heterocycles. The number of aromatic nitrogens is 3. The number of H-pyrrole nitrogens is 1. The van der Waals surface area contributed by atoms with Gasteiger partial charge in [-0.15, -0.1) is 5.16 Å². The summed E-state index contributed by atoms with van der Waals surface area (Å²) in [7, 11) is 0. The third-order valence-electron chi connectivity index (χ3n) is 4.53. The minimum atomic E-state index is -4.84. The van der Waals surface area contributed by atoms with E-state index in [4.69, 9.17) is 4.52 Å². The van der Waals surface area contributed by atoms with Crippen LogP contribution in [0.5, 0.6) is 0 Å². The van der Waals surface area contributed by atoms with Crippen molar-refractivity contribution in [2.24, 2.45) is 0 Å². The molecule has 4 aromatic rings. The van der Waals surface area contributed by atoms with Gasteiger partial charge in [0, 0.05) is 90.3 Å². The predicted molar refractivity (Wildman–Crippen MR) is 97.8 cm³/mol. The molecule has 0 radical (unpaired) electrons. The van der Waals surface area contributed by atoms with Gasteiger partial charge in [-0.2, -0.15) is 13.2 Å². The zero-order chi connectivity index (χ0) is 20.9. The Morgan fingerprint density at radius 1 is 1.06 bits per heavy atom. The molecule has 0 amide bonds. The number of fused-ring (bicyclic) bond motifs is 1. The summed E-state index contributed by atoms with van der Waals surface area (Å²) in [5.74, 6) is 0.